The van der Waals surface area contributed by atoms with E-state index in [4.69, 9.17) is 16.9 Å². The van der Waals surface area contributed by atoms with Gasteiger partial charge in [0.2, 0.25) is 5.91 Å². The highest BCUT2D eigenvalue weighted by Gasteiger charge is 2.25. The third-order valence-electron chi connectivity index (χ3n) is 3.86. The molecule has 0 saturated heterocycles. The van der Waals surface area contributed by atoms with Gasteiger partial charge in [-0.05, 0) is 35.7 Å². The summed E-state index contributed by atoms with van der Waals surface area (Å²) in [6.07, 6.45) is 0.316. The molecule has 0 spiro atoms. The molecule has 1 atom stereocenters. The second-order valence-corrected chi connectivity index (χ2v) is 6.60. The topological polar surface area (TPSA) is 82.0 Å². The van der Waals surface area contributed by atoms with Gasteiger partial charge >= 0.3 is 0 Å². The molecule has 26 heavy (non-hydrogen) atoms. The second-order valence-electron chi connectivity index (χ2n) is 6.20. The predicted octanol–water partition coefficient (Wildman–Crippen LogP) is 3.80. The number of carbonyl (C=O) groups excluding carboxylic acids is 2. The van der Waals surface area contributed by atoms with Crippen molar-refractivity contribution in [1.29, 1.82) is 5.26 Å². The molecular formula is C20H20ClN3O2. The summed E-state index contributed by atoms with van der Waals surface area (Å²) in [7, 11) is 0. The molecule has 2 rings (SSSR count). The van der Waals surface area contributed by atoms with Gasteiger partial charge in [-0.2, -0.15) is 5.26 Å². The fraction of sp³-hybridized carbons (Fsp3) is 0.250. The van der Waals surface area contributed by atoms with E-state index < -0.39 is 11.9 Å². The molecule has 0 aliphatic carbocycles. The molecule has 2 aromatic carbocycles. The summed E-state index contributed by atoms with van der Waals surface area (Å²) < 4.78 is 0. The van der Waals surface area contributed by atoms with Crippen LogP contribution in [0, 0.1) is 17.2 Å². The number of amides is 2. The molecule has 134 valence electrons. The van der Waals surface area contributed by atoms with Gasteiger partial charge < -0.3 is 10.6 Å². The van der Waals surface area contributed by atoms with E-state index in [-0.39, 0.29) is 11.8 Å². The van der Waals surface area contributed by atoms with Crippen molar-refractivity contribution in [2.24, 2.45) is 5.92 Å². The first-order valence-corrected chi connectivity index (χ1v) is 8.62. The molecule has 5 nitrogen and oxygen atoms in total. The zero-order chi connectivity index (χ0) is 19.1. The minimum absolute atomic E-state index is 0.112. The maximum Gasteiger partial charge on any atom is 0.253 e. The molecule has 0 unspecified atom stereocenters. The Bertz CT molecular complexity index is 826. The molecule has 2 amide bonds. The van der Waals surface area contributed by atoms with Crippen molar-refractivity contribution in [2.45, 2.75) is 26.3 Å². The summed E-state index contributed by atoms with van der Waals surface area (Å²) in [6.45, 7) is 3.71. The lowest BCUT2D eigenvalue weighted by atomic mass is 10.0. The summed E-state index contributed by atoms with van der Waals surface area (Å²) in [6, 6.07) is 15.1. The highest BCUT2D eigenvalue weighted by Crippen LogP contribution is 2.16. The molecule has 6 heteroatoms. The summed E-state index contributed by atoms with van der Waals surface area (Å²) in [5.41, 5.74) is 1.81. The van der Waals surface area contributed by atoms with E-state index in [0.29, 0.717) is 22.7 Å². The Morgan fingerprint density at radius 2 is 1.77 bits per heavy atom. The quantitative estimate of drug-likeness (QED) is 0.812. The number of benzene rings is 2. The van der Waals surface area contributed by atoms with Gasteiger partial charge in [0, 0.05) is 5.69 Å². The third kappa shape index (κ3) is 5.08. The molecule has 0 aromatic heterocycles. The van der Waals surface area contributed by atoms with Gasteiger partial charge in [-0.3, -0.25) is 9.59 Å². The van der Waals surface area contributed by atoms with Gasteiger partial charge in [-0.25, -0.2) is 0 Å². The number of carbonyl (C=O) groups is 2. The molecule has 2 N–H and O–H groups in total. The number of nitriles is 1. The first kappa shape index (κ1) is 19.5. The number of nitrogens with zero attached hydrogens (tertiary/aromatic N) is 1. The van der Waals surface area contributed by atoms with Crippen molar-refractivity contribution in [3.05, 3.63) is 64.7 Å². The zero-order valence-electron chi connectivity index (χ0n) is 14.6. The number of nitrogens with one attached hydrogen (secondary N) is 2. The molecule has 2 aromatic rings. The van der Waals surface area contributed by atoms with Gasteiger partial charge in [0.25, 0.3) is 5.91 Å². The van der Waals surface area contributed by atoms with Gasteiger partial charge in [0.1, 0.15) is 6.04 Å². The van der Waals surface area contributed by atoms with Crippen LogP contribution in [0.5, 0.6) is 0 Å². The van der Waals surface area contributed by atoms with Crippen molar-refractivity contribution >= 4 is 29.1 Å². The summed E-state index contributed by atoms with van der Waals surface area (Å²) in [4.78, 5) is 25.1. The first-order chi connectivity index (χ1) is 12.4. The Hall–Kier alpha value is -2.84. The molecular weight excluding hydrogens is 350 g/mol. The Balaban J connectivity index is 2.09. The van der Waals surface area contributed by atoms with Crippen LogP contribution >= 0.6 is 11.6 Å². The first-order valence-electron chi connectivity index (χ1n) is 8.24. The Morgan fingerprint density at radius 1 is 1.12 bits per heavy atom. The van der Waals surface area contributed by atoms with E-state index in [9.17, 15) is 9.59 Å². The van der Waals surface area contributed by atoms with Gasteiger partial charge in [0.15, 0.2) is 0 Å². The zero-order valence-corrected chi connectivity index (χ0v) is 15.4. The molecule has 0 bridgehead atoms. The molecule has 0 aliphatic rings. The summed E-state index contributed by atoms with van der Waals surface area (Å²) in [5, 5.41) is 14.6. The predicted molar refractivity (Wildman–Crippen MR) is 102 cm³/mol. The molecule has 0 aliphatic heterocycles. The number of rotatable bonds is 6. The van der Waals surface area contributed by atoms with Crippen LogP contribution in [0.2, 0.25) is 5.02 Å². The highest BCUT2D eigenvalue weighted by atomic mass is 35.5. The van der Waals surface area contributed by atoms with Crippen molar-refractivity contribution in [2.75, 3.05) is 5.32 Å². The van der Waals surface area contributed by atoms with Crippen molar-refractivity contribution in [3.63, 3.8) is 0 Å². The van der Waals surface area contributed by atoms with Crippen LogP contribution in [-0.4, -0.2) is 17.9 Å². The summed E-state index contributed by atoms with van der Waals surface area (Å²) in [5.74, 6) is -0.818. The lowest BCUT2D eigenvalue weighted by molar-refractivity contribution is -0.118. The van der Waals surface area contributed by atoms with Crippen LogP contribution < -0.4 is 10.6 Å². The average Bonchev–Trinajstić information content (AvgIpc) is 2.61. The number of anilines is 1. The smallest absolute Gasteiger partial charge is 0.253 e. The van der Waals surface area contributed by atoms with Gasteiger partial charge in [-0.1, -0.05) is 49.7 Å². The standard InChI is InChI=1S/C20H20ClN3O2/c1-13(2)18(24-19(25)16-5-3-4-6-17(16)21)20(26)23-15-9-7-14(8-10-15)11-12-22/h3-10,13,18H,11H2,1-2H3,(H,23,26)(H,24,25)/t18-/m0/s1. The van der Waals surface area contributed by atoms with E-state index in [2.05, 4.69) is 16.7 Å². The van der Waals surface area contributed by atoms with E-state index in [1.807, 2.05) is 13.8 Å². The average molecular weight is 370 g/mol. The number of hydrogen-bond acceptors (Lipinski definition) is 3. The lowest BCUT2D eigenvalue weighted by Crippen LogP contribution is -2.47. The molecule has 0 radical (unpaired) electrons. The molecule has 0 fully saturated rings. The van der Waals surface area contributed by atoms with Crippen LogP contribution in [0.3, 0.4) is 0 Å². The monoisotopic (exact) mass is 369 g/mol. The van der Waals surface area contributed by atoms with E-state index >= 15 is 0 Å². The van der Waals surface area contributed by atoms with E-state index in [1.54, 1.807) is 48.5 Å². The van der Waals surface area contributed by atoms with Crippen LogP contribution in [-0.2, 0) is 11.2 Å². The SMILES string of the molecule is CC(C)[C@H](NC(=O)c1ccccc1Cl)C(=O)Nc1ccc(CC#N)cc1. The number of halogens is 1. The maximum absolute atomic E-state index is 12.6. The molecule has 0 saturated carbocycles. The summed E-state index contributed by atoms with van der Waals surface area (Å²) >= 11 is 6.05. The van der Waals surface area contributed by atoms with Crippen LogP contribution in [0.25, 0.3) is 0 Å². The fourth-order valence-electron chi connectivity index (χ4n) is 2.42. The van der Waals surface area contributed by atoms with E-state index in [1.165, 1.54) is 0 Å². The largest absolute Gasteiger partial charge is 0.340 e. The van der Waals surface area contributed by atoms with Crippen molar-refractivity contribution < 1.29 is 9.59 Å². The van der Waals surface area contributed by atoms with Crippen molar-refractivity contribution in [3.8, 4) is 6.07 Å². The second kappa shape index (κ2) is 9.02. The molecule has 0 heterocycles. The van der Waals surface area contributed by atoms with E-state index in [0.717, 1.165) is 5.56 Å². The highest BCUT2D eigenvalue weighted by molar-refractivity contribution is 6.33. The van der Waals surface area contributed by atoms with Crippen LogP contribution in [0.4, 0.5) is 5.69 Å². The van der Waals surface area contributed by atoms with Crippen LogP contribution in [0.15, 0.2) is 48.5 Å². The van der Waals surface area contributed by atoms with Crippen LogP contribution in [0.1, 0.15) is 29.8 Å². The Morgan fingerprint density at radius 3 is 2.35 bits per heavy atom. The minimum atomic E-state index is -0.711. The van der Waals surface area contributed by atoms with Crippen molar-refractivity contribution in [1.82, 2.24) is 5.32 Å². The lowest BCUT2D eigenvalue weighted by Gasteiger charge is -2.22. The Labute approximate surface area is 158 Å². The normalized spacial score (nSPS) is 11.5. The van der Waals surface area contributed by atoms with Gasteiger partial charge in [-0.15, -0.1) is 0 Å². The number of hydrogen-bond donors (Lipinski definition) is 2. The third-order valence-corrected chi connectivity index (χ3v) is 4.19. The minimum Gasteiger partial charge on any atom is -0.340 e. The maximum atomic E-state index is 12.6. The fourth-order valence-corrected chi connectivity index (χ4v) is 2.64. The van der Waals surface area contributed by atoms with Gasteiger partial charge in [0.05, 0.1) is 23.1 Å². The Kier molecular flexibility index (Phi) is 6.76.